The third kappa shape index (κ3) is 6.32. The summed E-state index contributed by atoms with van der Waals surface area (Å²) in [5, 5.41) is 3.23. The second kappa shape index (κ2) is 10.8. The van der Waals surface area contributed by atoms with Crippen molar-refractivity contribution in [1.29, 1.82) is 0 Å². The van der Waals surface area contributed by atoms with Crippen molar-refractivity contribution in [1.82, 2.24) is 19.8 Å². The van der Waals surface area contributed by atoms with Gasteiger partial charge >= 0.3 is 0 Å². The van der Waals surface area contributed by atoms with E-state index < -0.39 is 0 Å². The number of halogens is 1. The Bertz CT molecular complexity index is 928. The number of amides is 2. The molecule has 0 bridgehead atoms. The number of pyridine rings is 1. The summed E-state index contributed by atoms with van der Waals surface area (Å²) in [4.78, 5) is 31.2. The number of rotatable bonds is 9. The Labute approximate surface area is 183 Å². The van der Waals surface area contributed by atoms with Gasteiger partial charge in [-0.3, -0.25) is 9.59 Å². The Morgan fingerprint density at radius 2 is 2.13 bits per heavy atom. The number of hydrogen-bond donors (Lipinski definition) is 1. The molecule has 0 aliphatic heterocycles. The van der Waals surface area contributed by atoms with E-state index in [4.69, 9.17) is 11.6 Å². The lowest BCUT2D eigenvalue weighted by molar-refractivity contribution is 0.0723. The Hall–Kier alpha value is -2.86. The van der Waals surface area contributed by atoms with Crippen molar-refractivity contribution in [3.05, 3.63) is 76.9 Å². The third-order valence-corrected chi connectivity index (χ3v) is 5.07. The minimum Gasteiger partial charge on any atom is -0.351 e. The smallest absolute Gasteiger partial charge is 0.267 e. The minimum absolute atomic E-state index is 0.137. The highest BCUT2D eigenvalue weighted by Crippen LogP contribution is 2.18. The second-order valence-corrected chi connectivity index (χ2v) is 7.69. The quantitative estimate of drug-likeness (QED) is 0.481. The van der Waals surface area contributed by atoms with E-state index in [1.54, 1.807) is 41.6 Å². The molecule has 0 saturated heterocycles. The van der Waals surface area contributed by atoms with Crippen LogP contribution in [0.3, 0.4) is 0 Å². The molecule has 2 amide bonds. The summed E-state index contributed by atoms with van der Waals surface area (Å²) in [6.07, 6.45) is 6.87. The van der Waals surface area contributed by atoms with Crippen LogP contribution in [0, 0.1) is 6.92 Å². The van der Waals surface area contributed by atoms with E-state index in [0.29, 0.717) is 36.3 Å². The van der Waals surface area contributed by atoms with E-state index in [1.807, 2.05) is 38.4 Å². The summed E-state index contributed by atoms with van der Waals surface area (Å²) < 4.78 is 1.77. The summed E-state index contributed by atoms with van der Waals surface area (Å²) >= 11 is 6.03. The maximum Gasteiger partial charge on any atom is 0.267 e. The fourth-order valence-electron chi connectivity index (χ4n) is 3.30. The van der Waals surface area contributed by atoms with Gasteiger partial charge in [0.25, 0.3) is 11.8 Å². The van der Waals surface area contributed by atoms with Crippen LogP contribution in [-0.4, -0.2) is 45.9 Å². The first-order valence-electron chi connectivity index (χ1n) is 9.84. The minimum atomic E-state index is -0.144. The molecule has 0 fully saturated rings. The first kappa shape index (κ1) is 23.4. The van der Waals surface area contributed by atoms with Gasteiger partial charge in [-0.1, -0.05) is 35.9 Å². The zero-order valence-corrected chi connectivity index (χ0v) is 18.7. The van der Waals surface area contributed by atoms with Gasteiger partial charge in [0.2, 0.25) is 0 Å². The van der Waals surface area contributed by atoms with Crippen molar-refractivity contribution in [2.75, 3.05) is 13.6 Å². The van der Waals surface area contributed by atoms with Gasteiger partial charge in [-0.2, -0.15) is 0 Å². The van der Waals surface area contributed by atoms with Crippen molar-refractivity contribution in [3.63, 3.8) is 0 Å². The molecule has 2 heterocycles. The van der Waals surface area contributed by atoms with Crippen molar-refractivity contribution in [2.24, 2.45) is 7.05 Å². The predicted molar refractivity (Wildman–Crippen MR) is 121 cm³/mol. The van der Waals surface area contributed by atoms with E-state index in [0.717, 1.165) is 5.57 Å². The molecule has 7 heteroatoms. The first-order valence-corrected chi connectivity index (χ1v) is 10.2. The van der Waals surface area contributed by atoms with Gasteiger partial charge in [0.15, 0.2) is 0 Å². The van der Waals surface area contributed by atoms with Crippen LogP contribution < -0.4 is 5.32 Å². The maximum atomic E-state index is 13.1. The molecular weight excluding hydrogens is 400 g/mol. The molecule has 6 nitrogen and oxygen atoms in total. The number of aromatic nitrogens is 2. The van der Waals surface area contributed by atoms with Crippen molar-refractivity contribution >= 4 is 23.4 Å². The molecule has 2 rings (SSSR count). The molecule has 1 unspecified atom stereocenters. The highest BCUT2D eigenvalue weighted by molar-refractivity contribution is 6.29. The van der Waals surface area contributed by atoms with Gasteiger partial charge in [-0.25, -0.2) is 4.98 Å². The molecule has 0 saturated carbocycles. The Morgan fingerprint density at radius 1 is 1.40 bits per heavy atom. The van der Waals surface area contributed by atoms with Gasteiger partial charge in [0, 0.05) is 44.1 Å². The van der Waals surface area contributed by atoms with Crippen LogP contribution in [-0.2, 0) is 7.05 Å². The molecule has 0 aliphatic carbocycles. The van der Waals surface area contributed by atoms with Gasteiger partial charge in [0.05, 0.1) is 0 Å². The van der Waals surface area contributed by atoms with Crippen LogP contribution in [0.4, 0.5) is 0 Å². The highest BCUT2D eigenvalue weighted by atomic mass is 35.5. The topological polar surface area (TPSA) is 67.2 Å². The lowest BCUT2D eigenvalue weighted by atomic mass is 10.0. The van der Waals surface area contributed by atoms with Crippen LogP contribution in [0.15, 0.2) is 54.8 Å². The molecule has 2 aromatic heterocycles. The number of allylic oxidation sites excluding steroid dienone is 2. The Balaban J connectivity index is 2.11. The molecule has 0 aliphatic rings. The van der Waals surface area contributed by atoms with Crippen LogP contribution in [0.5, 0.6) is 0 Å². The van der Waals surface area contributed by atoms with E-state index in [-0.39, 0.29) is 23.0 Å². The normalized spacial score (nSPS) is 12.0. The van der Waals surface area contributed by atoms with E-state index in [1.165, 1.54) is 0 Å². The number of nitrogens with zero attached hydrogens (tertiary/aromatic N) is 3. The van der Waals surface area contributed by atoms with Crippen molar-refractivity contribution in [2.45, 2.75) is 32.7 Å². The molecule has 160 valence electrons. The zero-order valence-electron chi connectivity index (χ0n) is 18.0. The van der Waals surface area contributed by atoms with E-state index >= 15 is 0 Å². The fraction of sp³-hybridized carbons (Fsp3) is 0.348. The molecule has 0 radical (unpaired) electrons. The molecule has 1 atom stereocenters. The Morgan fingerprint density at radius 3 is 2.73 bits per heavy atom. The van der Waals surface area contributed by atoms with E-state index in [2.05, 4.69) is 16.9 Å². The summed E-state index contributed by atoms with van der Waals surface area (Å²) in [5.41, 5.74) is 2.68. The molecule has 0 aromatic carbocycles. The SMILES string of the molecule is C=C(C=CC)CC(CCNC(=O)c1cccn1C)N(C)C(=O)c1cc(C)nc(Cl)c1. The monoisotopic (exact) mass is 428 g/mol. The maximum absolute atomic E-state index is 13.1. The van der Waals surface area contributed by atoms with Crippen molar-refractivity contribution in [3.8, 4) is 0 Å². The lowest BCUT2D eigenvalue weighted by Crippen LogP contribution is -2.40. The van der Waals surface area contributed by atoms with Gasteiger partial charge in [-0.05, 0) is 51.0 Å². The molecular formula is C23H29ClN4O2. The largest absolute Gasteiger partial charge is 0.351 e. The van der Waals surface area contributed by atoms with Gasteiger partial charge in [-0.15, -0.1) is 0 Å². The lowest BCUT2D eigenvalue weighted by Gasteiger charge is -2.29. The number of aryl methyl sites for hydroxylation is 2. The summed E-state index contributed by atoms with van der Waals surface area (Å²) in [6, 6.07) is 6.75. The fourth-order valence-corrected chi connectivity index (χ4v) is 3.55. The third-order valence-electron chi connectivity index (χ3n) is 4.88. The molecule has 0 spiro atoms. The predicted octanol–water partition coefficient (Wildman–Crippen LogP) is 4.17. The van der Waals surface area contributed by atoms with Gasteiger partial charge in [0.1, 0.15) is 10.8 Å². The number of nitrogens with one attached hydrogen (secondary N) is 1. The number of carbonyl (C=O) groups is 2. The molecule has 30 heavy (non-hydrogen) atoms. The first-order chi connectivity index (χ1) is 14.2. The highest BCUT2D eigenvalue weighted by Gasteiger charge is 2.22. The average Bonchev–Trinajstić information content (AvgIpc) is 3.11. The van der Waals surface area contributed by atoms with Crippen LogP contribution >= 0.6 is 11.6 Å². The summed E-state index contributed by atoms with van der Waals surface area (Å²) in [5.74, 6) is -0.284. The second-order valence-electron chi connectivity index (χ2n) is 7.30. The summed E-state index contributed by atoms with van der Waals surface area (Å²) in [6.45, 7) is 8.24. The van der Waals surface area contributed by atoms with Crippen LogP contribution in [0.1, 0.15) is 46.3 Å². The van der Waals surface area contributed by atoms with Crippen molar-refractivity contribution < 1.29 is 9.59 Å². The van der Waals surface area contributed by atoms with E-state index in [9.17, 15) is 9.59 Å². The summed E-state index contributed by atoms with van der Waals surface area (Å²) in [7, 11) is 3.59. The zero-order chi connectivity index (χ0) is 22.3. The standard InChI is InChI=1S/C23H29ClN4O2/c1-6-8-16(2)13-19(10-11-25-22(29)20-9-7-12-27(20)4)28(5)23(30)18-14-17(3)26-21(24)15-18/h6-9,12,14-15,19H,2,10-11,13H2,1,3-5H3,(H,25,29). The molecule has 1 N–H and O–H groups in total. The Kier molecular flexibility index (Phi) is 8.42. The van der Waals surface area contributed by atoms with Crippen LogP contribution in [0.25, 0.3) is 0 Å². The number of hydrogen-bond acceptors (Lipinski definition) is 3. The number of carbonyl (C=O) groups excluding carboxylic acids is 2. The average molecular weight is 429 g/mol. The molecule has 2 aromatic rings. The van der Waals surface area contributed by atoms with Gasteiger partial charge < -0.3 is 14.8 Å². The van der Waals surface area contributed by atoms with Crippen LogP contribution in [0.2, 0.25) is 5.15 Å².